The Morgan fingerprint density at radius 1 is 1.16 bits per heavy atom. The molecule has 2 fully saturated rings. The van der Waals surface area contributed by atoms with Gasteiger partial charge in [-0.1, -0.05) is 0 Å². The predicted octanol–water partition coefficient (Wildman–Crippen LogP) is 1.08. The highest BCUT2D eigenvalue weighted by atomic mass is 32.2. The third kappa shape index (κ3) is 2.20. The molecule has 0 aromatic carbocycles. The SMILES string of the molecule is c1nc2c(cc1SN1CC(=C3CNC3)C1)OCCO2. The largest absolute Gasteiger partial charge is 0.484 e. The third-order valence-electron chi connectivity index (χ3n) is 3.52. The number of ether oxygens (including phenoxy) is 2. The summed E-state index contributed by atoms with van der Waals surface area (Å²) in [6.07, 6.45) is 1.86. The summed E-state index contributed by atoms with van der Waals surface area (Å²) in [7, 11) is 0. The summed E-state index contributed by atoms with van der Waals surface area (Å²) in [5, 5.41) is 3.29. The number of hydrogen-bond donors (Lipinski definition) is 1. The maximum Gasteiger partial charge on any atom is 0.257 e. The van der Waals surface area contributed by atoms with Crippen molar-refractivity contribution in [3.8, 4) is 11.6 Å². The fraction of sp³-hybridized carbons (Fsp3) is 0.462. The number of nitrogens with one attached hydrogen (secondary N) is 1. The lowest BCUT2D eigenvalue weighted by atomic mass is 9.99. The van der Waals surface area contributed by atoms with E-state index in [1.54, 1.807) is 23.1 Å². The lowest BCUT2D eigenvalue weighted by Gasteiger charge is -2.37. The Morgan fingerprint density at radius 3 is 2.79 bits per heavy atom. The van der Waals surface area contributed by atoms with Crippen LogP contribution in [0.15, 0.2) is 28.3 Å². The van der Waals surface area contributed by atoms with Crippen molar-refractivity contribution in [2.45, 2.75) is 4.90 Å². The number of pyridine rings is 1. The highest BCUT2D eigenvalue weighted by molar-refractivity contribution is 7.97. The molecule has 2 saturated heterocycles. The monoisotopic (exact) mass is 277 g/mol. The second-order valence-electron chi connectivity index (χ2n) is 4.87. The summed E-state index contributed by atoms with van der Waals surface area (Å²) in [5.74, 6) is 1.38. The van der Waals surface area contributed by atoms with Gasteiger partial charge in [-0.05, 0) is 23.1 Å². The minimum Gasteiger partial charge on any atom is -0.484 e. The number of aromatic nitrogens is 1. The lowest BCUT2D eigenvalue weighted by molar-refractivity contribution is 0.163. The molecular weight excluding hydrogens is 262 g/mol. The van der Waals surface area contributed by atoms with Crippen LogP contribution in [0.25, 0.3) is 0 Å². The molecule has 100 valence electrons. The van der Waals surface area contributed by atoms with Gasteiger partial charge in [0.25, 0.3) is 5.88 Å². The Labute approximate surface area is 116 Å². The molecule has 0 spiro atoms. The normalized spacial score (nSPS) is 21.9. The van der Waals surface area contributed by atoms with Crippen LogP contribution in [0.3, 0.4) is 0 Å². The molecule has 19 heavy (non-hydrogen) atoms. The molecule has 1 N–H and O–H groups in total. The second-order valence-corrected chi connectivity index (χ2v) is 6.04. The fourth-order valence-electron chi connectivity index (χ4n) is 2.28. The molecule has 6 heteroatoms. The van der Waals surface area contributed by atoms with Gasteiger partial charge in [-0.25, -0.2) is 9.29 Å². The Kier molecular flexibility index (Phi) is 2.86. The molecule has 0 atom stereocenters. The number of rotatable bonds is 2. The molecule has 0 saturated carbocycles. The topological polar surface area (TPSA) is 46.6 Å². The zero-order chi connectivity index (χ0) is 12.7. The van der Waals surface area contributed by atoms with Crippen molar-refractivity contribution in [3.05, 3.63) is 23.4 Å². The summed E-state index contributed by atoms with van der Waals surface area (Å²) < 4.78 is 13.3. The van der Waals surface area contributed by atoms with E-state index in [9.17, 15) is 0 Å². The Hall–Kier alpha value is -1.24. The second kappa shape index (κ2) is 4.70. The summed E-state index contributed by atoms with van der Waals surface area (Å²) in [6.45, 7) is 5.49. The van der Waals surface area contributed by atoms with Crippen molar-refractivity contribution < 1.29 is 9.47 Å². The van der Waals surface area contributed by atoms with Crippen molar-refractivity contribution in [1.29, 1.82) is 0 Å². The highest BCUT2D eigenvalue weighted by Crippen LogP contribution is 2.36. The number of nitrogens with zero attached hydrogens (tertiary/aromatic N) is 2. The summed E-state index contributed by atoms with van der Waals surface area (Å²) in [4.78, 5) is 5.41. The third-order valence-corrected chi connectivity index (χ3v) is 4.47. The molecule has 0 aliphatic carbocycles. The molecule has 4 rings (SSSR count). The van der Waals surface area contributed by atoms with Gasteiger partial charge in [0.1, 0.15) is 13.2 Å². The molecule has 0 amide bonds. The van der Waals surface area contributed by atoms with Crippen LogP contribution in [0, 0.1) is 0 Å². The zero-order valence-electron chi connectivity index (χ0n) is 10.5. The summed E-state index contributed by atoms with van der Waals surface area (Å²) >= 11 is 1.74. The summed E-state index contributed by atoms with van der Waals surface area (Å²) in [5.41, 5.74) is 3.19. The van der Waals surface area contributed by atoms with Gasteiger partial charge in [0, 0.05) is 43.3 Å². The zero-order valence-corrected chi connectivity index (χ0v) is 11.3. The van der Waals surface area contributed by atoms with Crippen LogP contribution in [0.5, 0.6) is 11.6 Å². The van der Waals surface area contributed by atoms with Gasteiger partial charge in [-0.2, -0.15) is 0 Å². The molecule has 5 nitrogen and oxygen atoms in total. The van der Waals surface area contributed by atoms with E-state index in [2.05, 4.69) is 14.6 Å². The molecule has 1 aromatic rings. The van der Waals surface area contributed by atoms with E-state index in [0.717, 1.165) is 36.8 Å². The van der Waals surface area contributed by atoms with Gasteiger partial charge in [-0.3, -0.25) is 0 Å². The van der Waals surface area contributed by atoms with Crippen LogP contribution in [0.2, 0.25) is 0 Å². The van der Waals surface area contributed by atoms with Crippen molar-refractivity contribution in [2.75, 3.05) is 39.4 Å². The smallest absolute Gasteiger partial charge is 0.257 e. The molecule has 4 heterocycles. The molecule has 3 aliphatic heterocycles. The number of fused-ring (bicyclic) bond motifs is 1. The first-order valence-electron chi connectivity index (χ1n) is 6.47. The maximum absolute atomic E-state index is 5.55. The van der Waals surface area contributed by atoms with Crippen molar-refractivity contribution in [1.82, 2.24) is 14.6 Å². The average molecular weight is 277 g/mol. The fourth-order valence-corrected chi connectivity index (χ4v) is 3.28. The van der Waals surface area contributed by atoms with Gasteiger partial charge < -0.3 is 14.8 Å². The van der Waals surface area contributed by atoms with Crippen LogP contribution in [0.4, 0.5) is 0 Å². The van der Waals surface area contributed by atoms with Crippen molar-refractivity contribution in [2.24, 2.45) is 0 Å². The average Bonchev–Trinajstić information content (AvgIpc) is 2.34. The van der Waals surface area contributed by atoms with Gasteiger partial charge in [0.2, 0.25) is 0 Å². The first-order valence-corrected chi connectivity index (χ1v) is 7.25. The molecule has 0 unspecified atom stereocenters. The minimum absolute atomic E-state index is 0.587. The lowest BCUT2D eigenvalue weighted by Crippen LogP contribution is -2.43. The van der Waals surface area contributed by atoms with E-state index in [0.29, 0.717) is 19.1 Å². The van der Waals surface area contributed by atoms with E-state index in [-0.39, 0.29) is 0 Å². The first-order chi connectivity index (χ1) is 9.38. The molecular formula is C13H15N3O2S. The molecule has 1 aromatic heterocycles. The van der Waals surface area contributed by atoms with Gasteiger partial charge >= 0.3 is 0 Å². The standard InChI is InChI=1S/C13H15N3O2S/c1-2-18-13-12(17-1)3-11(6-15-13)19-16-7-10(8-16)9-4-14-5-9/h3,6,14H,1-2,4-5,7-8H2. The first kappa shape index (κ1) is 11.6. The van der Waals surface area contributed by atoms with E-state index in [4.69, 9.17) is 9.47 Å². The summed E-state index contributed by atoms with van der Waals surface area (Å²) in [6, 6.07) is 2.02. The van der Waals surface area contributed by atoms with Gasteiger partial charge in [0.15, 0.2) is 5.75 Å². The van der Waals surface area contributed by atoms with E-state index in [1.807, 2.05) is 12.3 Å². The van der Waals surface area contributed by atoms with Crippen molar-refractivity contribution in [3.63, 3.8) is 0 Å². The molecule has 0 bridgehead atoms. The Bertz CT molecular complexity index is 533. The van der Waals surface area contributed by atoms with Crippen LogP contribution in [-0.4, -0.2) is 48.7 Å². The Morgan fingerprint density at radius 2 is 2.00 bits per heavy atom. The van der Waals surface area contributed by atoms with Crippen LogP contribution in [-0.2, 0) is 0 Å². The highest BCUT2D eigenvalue weighted by Gasteiger charge is 2.27. The molecule has 3 aliphatic rings. The van der Waals surface area contributed by atoms with E-state index in [1.165, 1.54) is 0 Å². The van der Waals surface area contributed by atoms with Crippen LogP contribution >= 0.6 is 11.9 Å². The minimum atomic E-state index is 0.587. The predicted molar refractivity (Wildman–Crippen MR) is 72.6 cm³/mol. The van der Waals surface area contributed by atoms with Gasteiger partial charge in [-0.15, -0.1) is 0 Å². The van der Waals surface area contributed by atoms with Crippen LogP contribution in [0.1, 0.15) is 0 Å². The quantitative estimate of drug-likeness (QED) is 0.645. The number of hydrogen-bond acceptors (Lipinski definition) is 6. The van der Waals surface area contributed by atoms with E-state index >= 15 is 0 Å². The van der Waals surface area contributed by atoms with Crippen molar-refractivity contribution >= 4 is 11.9 Å². The van der Waals surface area contributed by atoms with E-state index < -0.39 is 0 Å². The molecule has 0 radical (unpaired) electrons. The Balaban J connectivity index is 1.41. The van der Waals surface area contributed by atoms with Crippen LogP contribution < -0.4 is 14.8 Å². The maximum atomic E-state index is 5.55. The van der Waals surface area contributed by atoms with Gasteiger partial charge in [0.05, 0.1) is 0 Å².